The van der Waals surface area contributed by atoms with Crippen LogP contribution in [0.2, 0.25) is 5.02 Å². The molecule has 0 bridgehead atoms. The number of aromatic nitrogens is 2. The summed E-state index contributed by atoms with van der Waals surface area (Å²) in [7, 11) is 0. The maximum absolute atomic E-state index is 13.2. The third-order valence-corrected chi connectivity index (χ3v) is 5.74. The van der Waals surface area contributed by atoms with Gasteiger partial charge in [-0.2, -0.15) is 0 Å². The van der Waals surface area contributed by atoms with Gasteiger partial charge in [0.15, 0.2) is 0 Å². The van der Waals surface area contributed by atoms with Gasteiger partial charge in [-0.15, -0.1) is 0 Å². The Kier molecular flexibility index (Phi) is 6.43. The van der Waals surface area contributed by atoms with Gasteiger partial charge >= 0.3 is 6.03 Å². The number of aliphatic hydroxyl groups excluding tert-OH is 2. The first-order chi connectivity index (χ1) is 15.3. The molecule has 4 rings (SSSR count). The van der Waals surface area contributed by atoms with Crippen molar-refractivity contribution in [3.05, 3.63) is 69.2 Å². The maximum Gasteiger partial charge on any atom is 0.319 e. The lowest BCUT2D eigenvalue weighted by atomic mass is 10.0. The number of nitrogens with zero attached hydrogens (tertiary/aromatic N) is 2. The molecule has 32 heavy (non-hydrogen) atoms. The molecule has 0 radical (unpaired) electrons. The summed E-state index contributed by atoms with van der Waals surface area (Å²) in [6, 6.07) is 11.1. The van der Waals surface area contributed by atoms with Crippen molar-refractivity contribution in [1.82, 2.24) is 20.2 Å². The zero-order valence-electron chi connectivity index (χ0n) is 17.4. The molecule has 0 aliphatic carbocycles. The van der Waals surface area contributed by atoms with E-state index in [1.165, 1.54) is 4.57 Å². The fourth-order valence-electron chi connectivity index (χ4n) is 3.90. The molecule has 0 spiro atoms. The number of hydrogen-bond donors (Lipinski definition) is 5. The number of carbonyl (C=O) groups excluding carboxylic acids is 1. The Morgan fingerprint density at radius 3 is 2.69 bits per heavy atom. The number of piperidine rings is 1. The van der Waals surface area contributed by atoms with E-state index in [4.69, 9.17) is 11.6 Å². The fraction of sp³-hybridized carbons (Fsp3) is 0.318. The molecule has 9 nitrogen and oxygen atoms in total. The number of halogens is 1. The first-order valence-electron chi connectivity index (χ1n) is 10.3. The van der Waals surface area contributed by atoms with Crippen molar-refractivity contribution in [2.75, 3.05) is 5.32 Å². The van der Waals surface area contributed by atoms with E-state index in [0.717, 1.165) is 5.56 Å². The predicted molar refractivity (Wildman–Crippen MR) is 121 cm³/mol. The van der Waals surface area contributed by atoms with Crippen LogP contribution in [0, 0.1) is 6.92 Å². The van der Waals surface area contributed by atoms with E-state index in [1.54, 1.807) is 49.4 Å². The van der Waals surface area contributed by atoms with Crippen LogP contribution in [0.1, 0.15) is 30.3 Å². The highest BCUT2D eigenvalue weighted by Crippen LogP contribution is 2.24. The van der Waals surface area contributed by atoms with Crippen molar-refractivity contribution < 1.29 is 15.0 Å². The largest absolute Gasteiger partial charge is 0.379 e. The molecule has 1 aromatic heterocycles. The van der Waals surface area contributed by atoms with Gasteiger partial charge in [0.25, 0.3) is 5.56 Å². The van der Waals surface area contributed by atoms with Crippen LogP contribution >= 0.6 is 11.6 Å². The Balaban J connectivity index is 1.53. The summed E-state index contributed by atoms with van der Waals surface area (Å²) in [6.45, 7) is 1.93. The lowest BCUT2D eigenvalue weighted by Gasteiger charge is -2.33. The molecule has 0 saturated carbocycles. The van der Waals surface area contributed by atoms with E-state index in [0.29, 0.717) is 40.3 Å². The third kappa shape index (κ3) is 4.76. The van der Waals surface area contributed by atoms with Crippen LogP contribution in [0.15, 0.2) is 47.3 Å². The highest BCUT2D eigenvalue weighted by atomic mass is 35.5. The van der Waals surface area contributed by atoms with Crippen molar-refractivity contribution in [3.8, 4) is 0 Å². The molecule has 3 atom stereocenters. The predicted octanol–water partition coefficient (Wildman–Crippen LogP) is 2.24. The summed E-state index contributed by atoms with van der Waals surface area (Å²) in [5.41, 5.74) is 1.60. The first kappa shape index (κ1) is 22.2. The van der Waals surface area contributed by atoms with Gasteiger partial charge < -0.3 is 20.8 Å². The summed E-state index contributed by atoms with van der Waals surface area (Å²) >= 11 is 5.85. The minimum atomic E-state index is -1.06. The van der Waals surface area contributed by atoms with Gasteiger partial charge in [-0.25, -0.2) is 9.78 Å². The molecular weight excluding hydrogens is 434 g/mol. The quantitative estimate of drug-likeness (QED) is 0.408. The molecule has 2 heterocycles. The molecule has 1 fully saturated rings. The highest BCUT2D eigenvalue weighted by Gasteiger charge is 2.30. The number of rotatable bonds is 4. The second-order valence-corrected chi connectivity index (χ2v) is 8.21. The Hall–Kier alpha value is -2.98. The van der Waals surface area contributed by atoms with Crippen molar-refractivity contribution in [1.29, 1.82) is 0 Å². The minimum absolute atomic E-state index is 0.211. The molecule has 168 valence electrons. The van der Waals surface area contributed by atoms with Gasteiger partial charge in [0.2, 0.25) is 0 Å². The highest BCUT2D eigenvalue weighted by molar-refractivity contribution is 6.30. The van der Waals surface area contributed by atoms with Crippen LogP contribution in [-0.4, -0.2) is 38.3 Å². The van der Waals surface area contributed by atoms with E-state index in [2.05, 4.69) is 20.9 Å². The molecule has 3 unspecified atom stereocenters. The number of urea groups is 1. The molecule has 2 amide bonds. The van der Waals surface area contributed by atoms with Crippen molar-refractivity contribution >= 4 is 34.2 Å². The van der Waals surface area contributed by atoms with E-state index in [9.17, 15) is 19.8 Å². The Bertz CT molecular complexity index is 1200. The first-order valence-corrected chi connectivity index (χ1v) is 10.6. The smallest absolute Gasteiger partial charge is 0.319 e. The average Bonchev–Trinajstić information content (AvgIpc) is 2.75. The number of benzene rings is 2. The van der Waals surface area contributed by atoms with Crippen LogP contribution in [0.4, 0.5) is 10.5 Å². The molecule has 5 N–H and O–H groups in total. The zero-order chi connectivity index (χ0) is 22.8. The molecule has 2 aromatic carbocycles. The van der Waals surface area contributed by atoms with Crippen LogP contribution in [0.5, 0.6) is 0 Å². The second-order valence-electron chi connectivity index (χ2n) is 7.77. The van der Waals surface area contributed by atoms with Crippen LogP contribution in [0.3, 0.4) is 0 Å². The van der Waals surface area contributed by atoms with Gasteiger partial charge in [-0.3, -0.25) is 14.7 Å². The summed E-state index contributed by atoms with van der Waals surface area (Å²) < 4.78 is 1.47. The maximum atomic E-state index is 13.2. The lowest BCUT2D eigenvalue weighted by Crippen LogP contribution is -2.50. The van der Waals surface area contributed by atoms with E-state index in [-0.39, 0.29) is 18.1 Å². The number of amides is 2. The summed E-state index contributed by atoms with van der Waals surface area (Å²) in [5.74, 6) is 0.484. The second kappa shape index (κ2) is 9.25. The Morgan fingerprint density at radius 2 is 1.97 bits per heavy atom. The monoisotopic (exact) mass is 457 g/mol. The van der Waals surface area contributed by atoms with Gasteiger partial charge in [-0.1, -0.05) is 17.7 Å². The van der Waals surface area contributed by atoms with E-state index >= 15 is 0 Å². The molecule has 10 heteroatoms. The number of hydrogen-bond acceptors (Lipinski definition) is 6. The number of aryl methyl sites for hydroxylation is 1. The lowest BCUT2D eigenvalue weighted by molar-refractivity contribution is -0.0292. The number of aliphatic hydroxyl groups is 2. The van der Waals surface area contributed by atoms with Gasteiger partial charge in [0.1, 0.15) is 18.3 Å². The van der Waals surface area contributed by atoms with Crippen molar-refractivity contribution in [2.45, 2.75) is 44.8 Å². The summed E-state index contributed by atoms with van der Waals surface area (Å²) in [6.07, 6.45) is -1.01. The molecule has 3 aromatic rings. The van der Waals surface area contributed by atoms with Crippen LogP contribution in [-0.2, 0) is 6.54 Å². The summed E-state index contributed by atoms with van der Waals surface area (Å²) in [5, 5.41) is 29.1. The standard InChI is InChI=1S/C22H24ClN5O4/c1-12-25-17-7-2-13(11-24-22(32)26-15-5-3-14(23)4-6-15)10-16(17)21(31)28(12)18-8-9-19(29)27-20(18)30/h2-7,10,18-20,27,29-30H,8-9,11H2,1H3,(H2,24,26,32). The van der Waals surface area contributed by atoms with E-state index in [1.807, 2.05) is 0 Å². The zero-order valence-corrected chi connectivity index (χ0v) is 18.1. The number of carbonyl (C=O) groups is 1. The van der Waals surface area contributed by atoms with Crippen molar-refractivity contribution in [2.24, 2.45) is 0 Å². The Labute approximate surface area is 189 Å². The fourth-order valence-corrected chi connectivity index (χ4v) is 4.02. The van der Waals surface area contributed by atoms with Crippen LogP contribution < -0.4 is 21.5 Å². The van der Waals surface area contributed by atoms with Crippen LogP contribution in [0.25, 0.3) is 10.9 Å². The summed E-state index contributed by atoms with van der Waals surface area (Å²) in [4.78, 5) is 29.9. The van der Waals surface area contributed by atoms with Gasteiger partial charge in [0, 0.05) is 17.3 Å². The normalized spacial score (nSPS) is 20.8. The number of anilines is 1. The van der Waals surface area contributed by atoms with Gasteiger partial charge in [0.05, 0.1) is 16.9 Å². The minimum Gasteiger partial charge on any atom is -0.379 e. The average molecular weight is 458 g/mol. The number of nitrogens with one attached hydrogen (secondary N) is 3. The topological polar surface area (TPSA) is 129 Å². The Morgan fingerprint density at radius 1 is 1.22 bits per heavy atom. The van der Waals surface area contributed by atoms with Gasteiger partial charge in [-0.05, 0) is 61.7 Å². The number of fused-ring (bicyclic) bond motifs is 1. The molecule has 1 aliphatic heterocycles. The SMILES string of the molecule is Cc1nc2ccc(CNC(=O)Nc3ccc(Cl)cc3)cc2c(=O)n1C1CCC(O)NC1O. The molecular formula is C22H24ClN5O4. The van der Waals surface area contributed by atoms with Crippen molar-refractivity contribution in [3.63, 3.8) is 0 Å². The van der Waals surface area contributed by atoms with E-state index < -0.39 is 18.5 Å². The third-order valence-electron chi connectivity index (χ3n) is 5.49. The molecule has 1 aliphatic rings. The molecule has 1 saturated heterocycles.